The van der Waals surface area contributed by atoms with E-state index in [0.29, 0.717) is 36.2 Å². The van der Waals surface area contributed by atoms with Gasteiger partial charge in [0.1, 0.15) is 51.8 Å². The number of anilines is 1. The number of benzene rings is 2. The Bertz CT molecular complexity index is 870. The second-order valence-corrected chi connectivity index (χ2v) is 7.92. The van der Waals surface area contributed by atoms with Crippen LogP contribution in [0.15, 0.2) is 36.4 Å². The first-order valence-electron chi connectivity index (χ1n) is 9.87. The van der Waals surface area contributed by atoms with Crippen LogP contribution in [0.5, 0.6) is 11.5 Å². The minimum Gasteiger partial charge on any atom is -0.486 e. The van der Waals surface area contributed by atoms with Crippen molar-refractivity contribution in [2.24, 2.45) is 0 Å². The van der Waals surface area contributed by atoms with E-state index in [1.807, 2.05) is 12.1 Å². The molecule has 3 N–H and O–H groups in total. The molecule has 0 unspecified atom stereocenters. The van der Waals surface area contributed by atoms with Gasteiger partial charge in [0.2, 0.25) is 0 Å². The minimum absolute atomic E-state index is 0.0475. The Morgan fingerprint density at radius 1 is 1.03 bits per heavy atom. The van der Waals surface area contributed by atoms with Crippen LogP contribution < -0.4 is 24.6 Å². The summed E-state index contributed by atoms with van der Waals surface area (Å²) >= 11 is 6.34. The molecule has 6 nitrogen and oxygen atoms in total. The van der Waals surface area contributed by atoms with Gasteiger partial charge in [-0.05, 0) is 36.4 Å². The molecule has 0 spiro atoms. The van der Waals surface area contributed by atoms with Crippen LogP contribution in [0.2, 0.25) is 5.02 Å². The molecule has 29 heavy (non-hydrogen) atoms. The Kier molecular flexibility index (Phi) is 6.18. The quantitative estimate of drug-likeness (QED) is 0.645. The summed E-state index contributed by atoms with van der Waals surface area (Å²) in [5.41, 5.74) is 1.75. The molecule has 0 radical (unpaired) electrons. The van der Waals surface area contributed by atoms with Crippen LogP contribution in [0.4, 0.5) is 10.1 Å². The Labute approximate surface area is 174 Å². The first kappa shape index (κ1) is 19.9. The van der Waals surface area contributed by atoms with Crippen molar-refractivity contribution < 1.29 is 28.5 Å². The van der Waals surface area contributed by atoms with Crippen molar-refractivity contribution in [1.82, 2.24) is 0 Å². The van der Waals surface area contributed by atoms with Crippen LogP contribution in [0.25, 0.3) is 0 Å². The third kappa shape index (κ3) is 5.18. The Morgan fingerprint density at radius 3 is 2.48 bits per heavy atom. The molecular formula is C21H25ClFN3O3+2. The molecule has 0 bridgehead atoms. The zero-order valence-corrected chi connectivity index (χ0v) is 16.9. The molecular weight excluding hydrogens is 397 g/mol. The molecule has 0 aliphatic carbocycles. The molecule has 1 saturated heterocycles. The maximum absolute atomic E-state index is 13.0. The maximum atomic E-state index is 13.0. The first-order chi connectivity index (χ1) is 14.1. The Morgan fingerprint density at radius 2 is 1.72 bits per heavy atom. The fourth-order valence-corrected chi connectivity index (χ4v) is 4.12. The van der Waals surface area contributed by atoms with Crippen molar-refractivity contribution in [3.05, 3.63) is 52.8 Å². The molecule has 0 saturated carbocycles. The number of carbonyl (C=O) groups excluding carboxylic acids is 1. The molecule has 1 amide bonds. The van der Waals surface area contributed by atoms with Gasteiger partial charge in [-0.3, -0.25) is 4.79 Å². The van der Waals surface area contributed by atoms with Gasteiger partial charge in [-0.15, -0.1) is 0 Å². The highest BCUT2D eigenvalue weighted by atomic mass is 35.5. The molecule has 4 rings (SSSR count). The van der Waals surface area contributed by atoms with E-state index < -0.39 is 0 Å². The predicted molar refractivity (Wildman–Crippen MR) is 107 cm³/mol. The van der Waals surface area contributed by atoms with Crippen molar-refractivity contribution in [3.63, 3.8) is 0 Å². The lowest BCUT2D eigenvalue weighted by Gasteiger charge is -2.29. The summed E-state index contributed by atoms with van der Waals surface area (Å²) < 4.78 is 24.2. The SMILES string of the molecule is O=C(C[NH+]1CC[NH+](Cc2cc(Cl)c3c(c2)OCCO3)CC1)Nc1ccc(F)cc1. The van der Waals surface area contributed by atoms with Gasteiger partial charge in [-0.1, -0.05) is 11.6 Å². The minimum atomic E-state index is -0.313. The molecule has 2 aromatic carbocycles. The molecule has 8 heteroatoms. The number of rotatable bonds is 5. The summed E-state index contributed by atoms with van der Waals surface area (Å²) in [6.45, 7) is 6.15. The van der Waals surface area contributed by atoms with Crippen molar-refractivity contribution in [3.8, 4) is 11.5 Å². The fourth-order valence-electron chi connectivity index (χ4n) is 3.83. The summed E-state index contributed by atoms with van der Waals surface area (Å²) in [4.78, 5) is 15.0. The van der Waals surface area contributed by atoms with Gasteiger partial charge in [0.25, 0.3) is 5.91 Å². The average Bonchev–Trinajstić information content (AvgIpc) is 2.71. The number of nitrogens with one attached hydrogen (secondary N) is 3. The average molecular weight is 422 g/mol. The lowest BCUT2D eigenvalue weighted by Crippen LogP contribution is -3.28. The monoisotopic (exact) mass is 421 g/mol. The van der Waals surface area contributed by atoms with Crippen LogP contribution in [-0.2, 0) is 11.3 Å². The van der Waals surface area contributed by atoms with Gasteiger partial charge >= 0.3 is 0 Å². The van der Waals surface area contributed by atoms with Crippen molar-refractivity contribution in [2.45, 2.75) is 6.54 Å². The fraction of sp³-hybridized carbons (Fsp3) is 0.381. The number of carbonyl (C=O) groups is 1. The molecule has 2 aliphatic rings. The van der Waals surface area contributed by atoms with Gasteiger partial charge in [-0.25, -0.2) is 4.39 Å². The number of amides is 1. The van der Waals surface area contributed by atoms with E-state index >= 15 is 0 Å². The summed E-state index contributed by atoms with van der Waals surface area (Å²) in [5, 5.41) is 3.42. The first-order valence-corrected chi connectivity index (χ1v) is 10.3. The topological polar surface area (TPSA) is 56.4 Å². The van der Waals surface area contributed by atoms with Gasteiger partial charge in [0, 0.05) is 11.3 Å². The van der Waals surface area contributed by atoms with E-state index in [0.717, 1.165) is 44.0 Å². The maximum Gasteiger partial charge on any atom is 0.279 e. The number of halogens is 2. The number of hydrogen-bond acceptors (Lipinski definition) is 3. The number of hydrogen-bond donors (Lipinski definition) is 3. The molecule has 1 fully saturated rings. The van der Waals surface area contributed by atoms with Gasteiger partial charge in [0.15, 0.2) is 18.0 Å². The van der Waals surface area contributed by atoms with E-state index in [1.165, 1.54) is 21.9 Å². The van der Waals surface area contributed by atoms with E-state index in [4.69, 9.17) is 21.1 Å². The normalized spacial score (nSPS) is 20.9. The summed E-state index contributed by atoms with van der Waals surface area (Å²) in [6, 6.07) is 9.80. The molecule has 2 heterocycles. The van der Waals surface area contributed by atoms with Crippen LogP contribution in [0, 0.1) is 5.82 Å². The van der Waals surface area contributed by atoms with E-state index in [9.17, 15) is 9.18 Å². The predicted octanol–water partition coefficient (Wildman–Crippen LogP) is 0.172. The number of ether oxygens (including phenoxy) is 2. The standard InChI is InChI=1S/C21H23ClFN3O3/c22-18-11-15(12-19-21(18)29-10-9-28-19)13-25-5-7-26(8-6-25)14-20(27)24-17-3-1-16(23)2-4-17/h1-4,11-12H,5-10,13-14H2,(H,24,27)/p+2. The molecule has 0 aromatic heterocycles. The largest absolute Gasteiger partial charge is 0.486 e. The number of quaternary nitrogens is 2. The van der Waals surface area contributed by atoms with Crippen LogP contribution >= 0.6 is 11.6 Å². The van der Waals surface area contributed by atoms with Gasteiger partial charge < -0.3 is 24.6 Å². The smallest absolute Gasteiger partial charge is 0.279 e. The summed E-state index contributed by atoms with van der Waals surface area (Å²) in [6.07, 6.45) is 0. The zero-order chi connectivity index (χ0) is 20.2. The number of piperazine rings is 1. The lowest BCUT2D eigenvalue weighted by atomic mass is 10.1. The number of fused-ring (bicyclic) bond motifs is 1. The lowest BCUT2D eigenvalue weighted by molar-refractivity contribution is -1.02. The molecule has 0 atom stereocenters. The van der Waals surface area contributed by atoms with Crippen molar-refractivity contribution in [2.75, 3.05) is 51.3 Å². The van der Waals surface area contributed by atoms with Crippen LogP contribution in [0.3, 0.4) is 0 Å². The highest BCUT2D eigenvalue weighted by Gasteiger charge is 2.26. The molecule has 2 aromatic rings. The second kappa shape index (κ2) is 8.98. The van der Waals surface area contributed by atoms with E-state index in [2.05, 4.69) is 5.32 Å². The Balaban J connectivity index is 1.26. The third-order valence-electron chi connectivity index (χ3n) is 5.31. The van der Waals surface area contributed by atoms with Crippen LogP contribution in [0.1, 0.15) is 5.56 Å². The van der Waals surface area contributed by atoms with Crippen molar-refractivity contribution in [1.29, 1.82) is 0 Å². The van der Waals surface area contributed by atoms with Gasteiger partial charge in [0.05, 0.1) is 5.02 Å². The zero-order valence-electron chi connectivity index (χ0n) is 16.1. The Hall–Kier alpha value is -2.35. The van der Waals surface area contributed by atoms with Crippen molar-refractivity contribution >= 4 is 23.2 Å². The van der Waals surface area contributed by atoms with E-state index in [1.54, 1.807) is 12.1 Å². The summed E-state index contributed by atoms with van der Waals surface area (Å²) in [5.74, 6) is 0.999. The van der Waals surface area contributed by atoms with Gasteiger partial charge in [-0.2, -0.15) is 0 Å². The third-order valence-corrected chi connectivity index (χ3v) is 5.59. The molecule has 2 aliphatic heterocycles. The second-order valence-electron chi connectivity index (χ2n) is 7.51. The molecule has 154 valence electrons. The highest BCUT2D eigenvalue weighted by Crippen LogP contribution is 2.38. The van der Waals surface area contributed by atoms with Crippen LogP contribution in [-0.4, -0.2) is 51.8 Å². The van der Waals surface area contributed by atoms with E-state index in [-0.39, 0.29) is 11.7 Å². The highest BCUT2D eigenvalue weighted by molar-refractivity contribution is 6.32. The summed E-state index contributed by atoms with van der Waals surface area (Å²) in [7, 11) is 0.